The van der Waals surface area contributed by atoms with Crippen molar-refractivity contribution in [2.75, 3.05) is 5.32 Å². The van der Waals surface area contributed by atoms with Gasteiger partial charge in [0.05, 0.1) is 12.2 Å². The number of aromatic nitrogens is 4. The Kier molecular flexibility index (Phi) is 2.96. The number of aryl methyl sites for hydroxylation is 2. The van der Waals surface area contributed by atoms with Gasteiger partial charge in [0.15, 0.2) is 0 Å². The Morgan fingerprint density at radius 3 is 3.00 bits per heavy atom. The van der Waals surface area contributed by atoms with Crippen LogP contribution >= 0.6 is 11.5 Å². The standard InChI is InChI=1S/C9H13N5S/c1-3-8-11-9(15-13-8)10-6-7-4-5-14(2)12-7/h4-5H,3,6H2,1-2H3,(H,10,11,13). The van der Waals surface area contributed by atoms with Crippen molar-refractivity contribution in [2.45, 2.75) is 19.9 Å². The Hall–Kier alpha value is -1.43. The van der Waals surface area contributed by atoms with Gasteiger partial charge < -0.3 is 5.32 Å². The molecule has 0 saturated carbocycles. The molecule has 0 aliphatic rings. The lowest BCUT2D eigenvalue weighted by molar-refractivity contribution is 0.747. The third-order valence-electron chi connectivity index (χ3n) is 1.97. The number of nitrogens with one attached hydrogen (secondary N) is 1. The van der Waals surface area contributed by atoms with Crippen molar-refractivity contribution in [2.24, 2.45) is 7.05 Å². The van der Waals surface area contributed by atoms with Gasteiger partial charge in [-0.3, -0.25) is 4.68 Å². The minimum Gasteiger partial charge on any atom is -0.355 e. The minimum absolute atomic E-state index is 0.694. The van der Waals surface area contributed by atoms with Crippen molar-refractivity contribution in [1.82, 2.24) is 19.1 Å². The predicted molar refractivity (Wildman–Crippen MR) is 59.8 cm³/mol. The molecule has 0 bridgehead atoms. The van der Waals surface area contributed by atoms with Crippen molar-refractivity contribution >= 4 is 16.7 Å². The van der Waals surface area contributed by atoms with Gasteiger partial charge in [-0.05, 0) is 6.07 Å². The first kappa shape index (κ1) is 10.1. The fourth-order valence-electron chi connectivity index (χ4n) is 1.19. The topological polar surface area (TPSA) is 55.6 Å². The molecule has 15 heavy (non-hydrogen) atoms. The summed E-state index contributed by atoms with van der Waals surface area (Å²) in [7, 11) is 1.91. The summed E-state index contributed by atoms with van der Waals surface area (Å²) in [6.07, 6.45) is 2.80. The van der Waals surface area contributed by atoms with Crippen LogP contribution in [-0.2, 0) is 20.0 Å². The van der Waals surface area contributed by atoms with E-state index in [0.29, 0.717) is 6.54 Å². The van der Waals surface area contributed by atoms with Crippen LogP contribution in [0.3, 0.4) is 0 Å². The molecule has 0 saturated heterocycles. The highest BCUT2D eigenvalue weighted by Gasteiger charge is 2.02. The summed E-state index contributed by atoms with van der Waals surface area (Å²) < 4.78 is 5.98. The first-order chi connectivity index (χ1) is 7.28. The zero-order chi connectivity index (χ0) is 10.7. The van der Waals surface area contributed by atoms with Crippen molar-refractivity contribution in [3.8, 4) is 0 Å². The summed E-state index contributed by atoms with van der Waals surface area (Å²) >= 11 is 1.39. The van der Waals surface area contributed by atoms with Gasteiger partial charge in [0, 0.05) is 31.2 Å². The monoisotopic (exact) mass is 223 g/mol. The van der Waals surface area contributed by atoms with E-state index >= 15 is 0 Å². The summed E-state index contributed by atoms with van der Waals surface area (Å²) in [5.74, 6) is 0.892. The fraction of sp³-hybridized carbons (Fsp3) is 0.444. The molecule has 2 aromatic rings. The molecule has 0 aliphatic carbocycles. The van der Waals surface area contributed by atoms with Gasteiger partial charge in [0.1, 0.15) is 5.82 Å². The second kappa shape index (κ2) is 4.39. The van der Waals surface area contributed by atoms with E-state index in [1.165, 1.54) is 11.5 Å². The fourth-order valence-corrected chi connectivity index (χ4v) is 1.84. The van der Waals surface area contributed by atoms with Gasteiger partial charge in [-0.2, -0.15) is 9.47 Å². The molecule has 0 unspecified atom stereocenters. The zero-order valence-corrected chi connectivity index (χ0v) is 9.58. The highest BCUT2D eigenvalue weighted by molar-refractivity contribution is 7.09. The van der Waals surface area contributed by atoms with E-state index in [2.05, 4.69) is 19.8 Å². The number of hydrogen-bond donors (Lipinski definition) is 1. The zero-order valence-electron chi connectivity index (χ0n) is 8.77. The summed E-state index contributed by atoms with van der Waals surface area (Å²) in [5, 5.41) is 8.32. The normalized spacial score (nSPS) is 10.5. The second-order valence-corrected chi connectivity index (χ2v) is 3.96. The Bertz CT molecular complexity index is 433. The number of hydrogen-bond acceptors (Lipinski definition) is 5. The van der Waals surface area contributed by atoms with E-state index in [4.69, 9.17) is 0 Å². The maximum absolute atomic E-state index is 4.31. The molecule has 0 radical (unpaired) electrons. The molecule has 1 N–H and O–H groups in total. The smallest absolute Gasteiger partial charge is 0.202 e. The SMILES string of the molecule is CCc1nsc(NCc2ccn(C)n2)n1. The van der Waals surface area contributed by atoms with Crippen LogP contribution in [-0.4, -0.2) is 19.1 Å². The van der Waals surface area contributed by atoms with Gasteiger partial charge in [0.25, 0.3) is 0 Å². The number of nitrogens with zero attached hydrogens (tertiary/aromatic N) is 4. The molecular formula is C9H13N5S. The highest BCUT2D eigenvalue weighted by atomic mass is 32.1. The van der Waals surface area contributed by atoms with Crippen molar-refractivity contribution in [3.05, 3.63) is 23.8 Å². The summed E-state index contributed by atoms with van der Waals surface area (Å²) in [6.45, 7) is 2.74. The highest BCUT2D eigenvalue weighted by Crippen LogP contribution is 2.12. The molecule has 2 heterocycles. The van der Waals surface area contributed by atoms with Gasteiger partial charge in [-0.25, -0.2) is 4.98 Å². The largest absolute Gasteiger partial charge is 0.355 e. The maximum atomic E-state index is 4.31. The first-order valence-electron chi connectivity index (χ1n) is 4.83. The quantitative estimate of drug-likeness (QED) is 0.852. The van der Waals surface area contributed by atoms with Gasteiger partial charge >= 0.3 is 0 Å². The van der Waals surface area contributed by atoms with E-state index < -0.39 is 0 Å². The summed E-state index contributed by atoms with van der Waals surface area (Å²) in [4.78, 5) is 4.31. The molecule has 0 spiro atoms. The molecule has 0 atom stereocenters. The predicted octanol–water partition coefficient (Wildman–Crippen LogP) is 1.45. The lowest BCUT2D eigenvalue weighted by Crippen LogP contribution is -2.00. The number of rotatable bonds is 4. The van der Waals surface area contributed by atoms with Crippen LogP contribution in [0.15, 0.2) is 12.3 Å². The molecule has 80 valence electrons. The van der Waals surface area contributed by atoms with Gasteiger partial charge in [-0.1, -0.05) is 6.92 Å². The molecule has 2 rings (SSSR count). The third kappa shape index (κ3) is 2.53. The molecule has 0 aliphatic heterocycles. The van der Waals surface area contributed by atoms with Crippen molar-refractivity contribution < 1.29 is 0 Å². The van der Waals surface area contributed by atoms with Crippen LogP contribution < -0.4 is 5.32 Å². The molecule has 6 heteroatoms. The average molecular weight is 223 g/mol. The van der Waals surface area contributed by atoms with Gasteiger partial charge in [0.2, 0.25) is 5.13 Å². The molecule has 5 nitrogen and oxygen atoms in total. The molecular weight excluding hydrogens is 210 g/mol. The van der Waals surface area contributed by atoms with Gasteiger partial charge in [-0.15, -0.1) is 0 Å². The first-order valence-corrected chi connectivity index (χ1v) is 5.60. The van der Waals surface area contributed by atoms with E-state index in [9.17, 15) is 0 Å². The van der Waals surface area contributed by atoms with E-state index in [-0.39, 0.29) is 0 Å². The lowest BCUT2D eigenvalue weighted by atomic mass is 10.4. The molecule has 2 aromatic heterocycles. The average Bonchev–Trinajstić information content (AvgIpc) is 2.83. The molecule has 0 amide bonds. The van der Waals surface area contributed by atoms with Crippen LogP contribution in [0.5, 0.6) is 0 Å². The van der Waals surface area contributed by atoms with Crippen LogP contribution in [0.25, 0.3) is 0 Å². The lowest BCUT2D eigenvalue weighted by Gasteiger charge is -1.97. The number of anilines is 1. The minimum atomic E-state index is 0.694. The Balaban J connectivity index is 1.93. The van der Waals surface area contributed by atoms with E-state index in [1.807, 2.05) is 26.2 Å². The van der Waals surface area contributed by atoms with Crippen molar-refractivity contribution in [3.63, 3.8) is 0 Å². The Morgan fingerprint density at radius 1 is 1.53 bits per heavy atom. The Labute approximate surface area is 92.3 Å². The third-order valence-corrected chi connectivity index (χ3v) is 2.68. The second-order valence-electron chi connectivity index (χ2n) is 3.20. The van der Waals surface area contributed by atoms with Crippen LogP contribution in [0, 0.1) is 0 Å². The van der Waals surface area contributed by atoms with Crippen molar-refractivity contribution in [1.29, 1.82) is 0 Å². The van der Waals surface area contributed by atoms with Crippen LogP contribution in [0.2, 0.25) is 0 Å². The van der Waals surface area contributed by atoms with Crippen LogP contribution in [0.1, 0.15) is 18.4 Å². The maximum Gasteiger partial charge on any atom is 0.202 e. The van der Waals surface area contributed by atoms with Crippen LogP contribution in [0.4, 0.5) is 5.13 Å². The van der Waals surface area contributed by atoms with E-state index in [1.54, 1.807) is 4.68 Å². The van der Waals surface area contributed by atoms with E-state index in [0.717, 1.165) is 23.1 Å². The summed E-state index contributed by atoms with van der Waals surface area (Å²) in [5.41, 5.74) is 1.01. The summed E-state index contributed by atoms with van der Waals surface area (Å²) in [6, 6.07) is 1.98. The Morgan fingerprint density at radius 2 is 2.40 bits per heavy atom. The molecule has 0 fully saturated rings. The molecule has 0 aromatic carbocycles.